The predicted molar refractivity (Wildman–Crippen MR) is 90.4 cm³/mol. The molecule has 0 aromatic carbocycles. The van der Waals surface area contributed by atoms with Crippen molar-refractivity contribution in [2.75, 3.05) is 6.61 Å². The molecule has 0 aromatic heterocycles. The first kappa shape index (κ1) is 20.4. The number of carbonyl (C=O) groups is 1. The van der Waals surface area contributed by atoms with E-state index in [-0.39, 0.29) is 28.4 Å². The molecule has 0 aliphatic heterocycles. The third-order valence-electron chi connectivity index (χ3n) is 4.12. The molecular weight excluding hydrogens is 262 g/mol. The first-order valence-corrected chi connectivity index (χ1v) is 8.25. The predicted octanol–water partition coefficient (Wildman–Crippen LogP) is 4.55. The molecule has 0 saturated heterocycles. The zero-order chi connectivity index (χ0) is 16.9. The standard InChI is InChI=1S/C18H37NO2/c1-10-16(4,5)13-17(6,7)15(20)19-18(8,9)11-12-21-14(2)3/h14H,10-13H2,1-9H3,(H,19,20). The Morgan fingerprint density at radius 1 is 1.10 bits per heavy atom. The van der Waals surface area contributed by atoms with Crippen LogP contribution < -0.4 is 5.32 Å². The SMILES string of the molecule is CCC(C)(C)CC(C)(C)C(=O)NC(C)(C)CCOC(C)C. The van der Waals surface area contributed by atoms with Crippen LogP contribution in [0.1, 0.15) is 81.6 Å². The molecular formula is C18H37NO2. The van der Waals surface area contributed by atoms with Crippen LogP contribution in [0.4, 0.5) is 0 Å². The van der Waals surface area contributed by atoms with Gasteiger partial charge in [0.05, 0.1) is 6.10 Å². The van der Waals surface area contributed by atoms with Gasteiger partial charge in [0.25, 0.3) is 0 Å². The average molecular weight is 299 g/mol. The highest BCUT2D eigenvalue weighted by molar-refractivity contribution is 5.82. The van der Waals surface area contributed by atoms with Gasteiger partial charge in [-0.15, -0.1) is 0 Å². The maximum atomic E-state index is 12.6. The minimum Gasteiger partial charge on any atom is -0.379 e. The van der Waals surface area contributed by atoms with E-state index >= 15 is 0 Å². The van der Waals surface area contributed by atoms with E-state index < -0.39 is 0 Å². The zero-order valence-electron chi connectivity index (χ0n) is 15.7. The van der Waals surface area contributed by atoms with Crippen molar-refractivity contribution in [3.63, 3.8) is 0 Å². The van der Waals surface area contributed by atoms with Crippen LogP contribution in [0, 0.1) is 10.8 Å². The fourth-order valence-electron chi connectivity index (χ4n) is 2.49. The zero-order valence-corrected chi connectivity index (χ0v) is 15.7. The van der Waals surface area contributed by atoms with Crippen molar-refractivity contribution in [1.29, 1.82) is 0 Å². The summed E-state index contributed by atoms with van der Waals surface area (Å²) in [6.07, 6.45) is 3.03. The molecule has 0 heterocycles. The number of ether oxygens (including phenoxy) is 1. The molecule has 0 fully saturated rings. The molecule has 126 valence electrons. The van der Waals surface area contributed by atoms with E-state index in [1.54, 1.807) is 0 Å². The summed E-state index contributed by atoms with van der Waals surface area (Å²) < 4.78 is 5.59. The summed E-state index contributed by atoms with van der Waals surface area (Å²) in [5.74, 6) is 0.138. The van der Waals surface area contributed by atoms with Gasteiger partial charge < -0.3 is 10.1 Å². The Morgan fingerprint density at radius 2 is 1.62 bits per heavy atom. The Balaban J connectivity index is 4.56. The van der Waals surface area contributed by atoms with Crippen LogP contribution in [0.15, 0.2) is 0 Å². The number of hydrogen-bond acceptors (Lipinski definition) is 2. The average Bonchev–Trinajstić information content (AvgIpc) is 2.26. The van der Waals surface area contributed by atoms with Gasteiger partial charge in [0.1, 0.15) is 0 Å². The lowest BCUT2D eigenvalue weighted by Gasteiger charge is -2.36. The van der Waals surface area contributed by atoms with Crippen molar-refractivity contribution in [3.05, 3.63) is 0 Å². The molecule has 1 amide bonds. The Bertz CT molecular complexity index is 330. The van der Waals surface area contributed by atoms with Gasteiger partial charge in [0.15, 0.2) is 0 Å². The highest BCUT2D eigenvalue weighted by atomic mass is 16.5. The summed E-state index contributed by atoms with van der Waals surface area (Å²) in [7, 11) is 0. The van der Waals surface area contributed by atoms with Crippen LogP contribution in [0.3, 0.4) is 0 Å². The van der Waals surface area contributed by atoms with Gasteiger partial charge in [-0.05, 0) is 46.0 Å². The molecule has 0 bridgehead atoms. The highest BCUT2D eigenvalue weighted by Gasteiger charge is 2.36. The second kappa shape index (κ2) is 7.62. The van der Waals surface area contributed by atoms with E-state index in [1.807, 2.05) is 27.7 Å². The molecule has 0 aromatic rings. The number of amides is 1. The van der Waals surface area contributed by atoms with Crippen molar-refractivity contribution in [2.24, 2.45) is 10.8 Å². The van der Waals surface area contributed by atoms with Gasteiger partial charge in [-0.2, -0.15) is 0 Å². The summed E-state index contributed by atoms with van der Waals surface area (Å²) in [4.78, 5) is 12.6. The van der Waals surface area contributed by atoms with Crippen LogP contribution in [-0.4, -0.2) is 24.2 Å². The summed E-state index contributed by atoms with van der Waals surface area (Å²) in [6.45, 7) is 19.6. The fourth-order valence-corrected chi connectivity index (χ4v) is 2.49. The Kier molecular flexibility index (Phi) is 7.41. The fraction of sp³-hybridized carbons (Fsp3) is 0.944. The smallest absolute Gasteiger partial charge is 0.226 e. The molecule has 1 N–H and O–H groups in total. The van der Waals surface area contributed by atoms with Crippen LogP contribution in [0.2, 0.25) is 0 Å². The molecule has 0 saturated carbocycles. The summed E-state index contributed by atoms with van der Waals surface area (Å²) in [6, 6.07) is 0. The van der Waals surface area contributed by atoms with E-state index in [0.717, 1.165) is 19.3 Å². The molecule has 0 unspecified atom stereocenters. The van der Waals surface area contributed by atoms with Gasteiger partial charge in [0, 0.05) is 17.6 Å². The van der Waals surface area contributed by atoms with Crippen LogP contribution in [0.25, 0.3) is 0 Å². The molecule has 0 aliphatic carbocycles. The van der Waals surface area contributed by atoms with E-state index in [9.17, 15) is 4.79 Å². The largest absolute Gasteiger partial charge is 0.379 e. The van der Waals surface area contributed by atoms with Gasteiger partial charge in [-0.3, -0.25) is 4.79 Å². The number of carbonyl (C=O) groups excluding carboxylic acids is 1. The normalized spacial score (nSPS) is 13.6. The van der Waals surface area contributed by atoms with E-state index in [0.29, 0.717) is 6.61 Å². The maximum Gasteiger partial charge on any atom is 0.226 e. The summed E-state index contributed by atoms with van der Waals surface area (Å²) in [5.41, 5.74) is -0.402. The third-order valence-corrected chi connectivity index (χ3v) is 4.12. The Labute approximate surface area is 132 Å². The summed E-state index contributed by atoms with van der Waals surface area (Å²) >= 11 is 0. The molecule has 0 radical (unpaired) electrons. The van der Waals surface area contributed by atoms with E-state index in [4.69, 9.17) is 4.74 Å². The third kappa shape index (κ3) is 8.45. The quantitative estimate of drug-likeness (QED) is 0.678. The van der Waals surface area contributed by atoms with Crippen molar-refractivity contribution < 1.29 is 9.53 Å². The topological polar surface area (TPSA) is 38.3 Å². The lowest BCUT2D eigenvalue weighted by atomic mass is 9.73. The molecule has 21 heavy (non-hydrogen) atoms. The Morgan fingerprint density at radius 3 is 2.05 bits per heavy atom. The molecule has 0 atom stereocenters. The van der Waals surface area contributed by atoms with E-state index in [2.05, 4.69) is 39.9 Å². The van der Waals surface area contributed by atoms with Crippen LogP contribution >= 0.6 is 0 Å². The summed E-state index contributed by atoms with van der Waals surface area (Å²) in [5, 5.41) is 3.20. The Hall–Kier alpha value is -0.570. The second-order valence-corrected chi connectivity index (χ2v) is 8.59. The minimum absolute atomic E-state index is 0.138. The lowest BCUT2D eigenvalue weighted by Crippen LogP contribution is -2.50. The van der Waals surface area contributed by atoms with Gasteiger partial charge in [-0.25, -0.2) is 0 Å². The number of rotatable bonds is 9. The van der Waals surface area contributed by atoms with E-state index in [1.165, 1.54) is 0 Å². The molecule has 0 aliphatic rings. The first-order valence-electron chi connectivity index (χ1n) is 8.25. The van der Waals surface area contributed by atoms with Crippen molar-refractivity contribution in [3.8, 4) is 0 Å². The van der Waals surface area contributed by atoms with Gasteiger partial charge in [0.2, 0.25) is 5.91 Å². The van der Waals surface area contributed by atoms with Crippen LogP contribution in [0.5, 0.6) is 0 Å². The first-order chi connectivity index (χ1) is 9.31. The van der Waals surface area contributed by atoms with Crippen molar-refractivity contribution in [2.45, 2.75) is 93.2 Å². The molecule has 3 heteroatoms. The second-order valence-electron chi connectivity index (χ2n) is 8.59. The molecule has 3 nitrogen and oxygen atoms in total. The minimum atomic E-state index is -0.352. The van der Waals surface area contributed by atoms with Gasteiger partial charge >= 0.3 is 0 Å². The molecule has 0 rings (SSSR count). The highest BCUT2D eigenvalue weighted by Crippen LogP contribution is 2.36. The number of nitrogens with one attached hydrogen (secondary N) is 1. The maximum absolute atomic E-state index is 12.6. The molecule has 0 spiro atoms. The van der Waals surface area contributed by atoms with Gasteiger partial charge in [-0.1, -0.05) is 41.0 Å². The van der Waals surface area contributed by atoms with Crippen molar-refractivity contribution in [1.82, 2.24) is 5.32 Å². The van der Waals surface area contributed by atoms with Crippen molar-refractivity contribution >= 4 is 5.91 Å². The van der Waals surface area contributed by atoms with Crippen LogP contribution in [-0.2, 0) is 9.53 Å². The lowest BCUT2D eigenvalue weighted by molar-refractivity contribution is -0.133. The monoisotopic (exact) mass is 299 g/mol. The number of hydrogen-bond donors (Lipinski definition) is 1.